The lowest BCUT2D eigenvalue weighted by atomic mass is 9.98. The molecule has 0 radical (unpaired) electrons. The van der Waals surface area contributed by atoms with Crippen molar-refractivity contribution in [1.29, 1.82) is 0 Å². The predicted molar refractivity (Wildman–Crippen MR) is 70.3 cm³/mol. The Kier molecular flexibility index (Phi) is 4.59. The summed E-state index contributed by atoms with van der Waals surface area (Å²) in [7, 11) is 0. The summed E-state index contributed by atoms with van der Waals surface area (Å²) in [6.45, 7) is 3.10. The van der Waals surface area contributed by atoms with Crippen molar-refractivity contribution >= 4 is 35.1 Å². The summed E-state index contributed by atoms with van der Waals surface area (Å²) >= 11 is 11.8. The maximum absolute atomic E-state index is 12.0. The third-order valence-electron chi connectivity index (χ3n) is 2.76. The Morgan fingerprint density at radius 2 is 1.83 bits per heavy atom. The average molecular weight is 290 g/mol. The van der Waals surface area contributed by atoms with Gasteiger partial charge in [0, 0.05) is 0 Å². The molecule has 0 saturated heterocycles. The zero-order valence-electron chi connectivity index (χ0n) is 9.96. The van der Waals surface area contributed by atoms with E-state index in [9.17, 15) is 9.59 Å². The second-order valence-corrected chi connectivity index (χ2v) is 4.86. The van der Waals surface area contributed by atoms with Gasteiger partial charge in [-0.15, -0.1) is 0 Å². The van der Waals surface area contributed by atoms with Crippen LogP contribution in [-0.4, -0.2) is 22.5 Å². The van der Waals surface area contributed by atoms with Gasteiger partial charge in [-0.05, 0) is 25.5 Å². The molecular formula is C12H13Cl2NO3. The Labute approximate surface area is 115 Å². The molecule has 1 aromatic rings. The van der Waals surface area contributed by atoms with E-state index in [2.05, 4.69) is 5.32 Å². The van der Waals surface area contributed by atoms with Crippen molar-refractivity contribution < 1.29 is 14.7 Å². The molecule has 18 heavy (non-hydrogen) atoms. The van der Waals surface area contributed by atoms with Crippen LogP contribution in [0.2, 0.25) is 10.0 Å². The standard InChI is InChI=1S/C12H13Cl2NO3/c1-3-12(2,11(17)18)15-10(16)9-7(13)5-4-6-8(9)14/h4-6H,3H2,1-2H3,(H,15,16)(H,17,18). The van der Waals surface area contributed by atoms with Crippen molar-refractivity contribution in [2.45, 2.75) is 25.8 Å². The van der Waals surface area contributed by atoms with Crippen LogP contribution in [0, 0.1) is 0 Å². The second-order valence-electron chi connectivity index (χ2n) is 4.04. The first-order valence-corrected chi connectivity index (χ1v) is 6.07. The van der Waals surface area contributed by atoms with E-state index in [4.69, 9.17) is 28.3 Å². The van der Waals surface area contributed by atoms with E-state index in [0.717, 1.165) is 0 Å². The number of benzene rings is 1. The molecule has 6 heteroatoms. The Hall–Kier alpha value is -1.26. The van der Waals surface area contributed by atoms with E-state index in [1.165, 1.54) is 19.1 Å². The van der Waals surface area contributed by atoms with E-state index in [0.29, 0.717) is 0 Å². The molecule has 98 valence electrons. The summed E-state index contributed by atoms with van der Waals surface area (Å²) in [4.78, 5) is 23.1. The van der Waals surface area contributed by atoms with E-state index in [1.54, 1.807) is 13.0 Å². The van der Waals surface area contributed by atoms with Crippen LogP contribution in [0.1, 0.15) is 30.6 Å². The molecule has 0 heterocycles. The number of carboxylic acid groups (broad SMARTS) is 1. The van der Waals surface area contributed by atoms with Gasteiger partial charge in [0.1, 0.15) is 5.54 Å². The van der Waals surface area contributed by atoms with Crippen molar-refractivity contribution in [3.05, 3.63) is 33.8 Å². The van der Waals surface area contributed by atoms with Crippen molar-refractivity contribution in [1.82, 2.24) is 5.32 Å². The van der Waals surface area contributed by atoms with Crippen LogP contribution in [0.3, 0.4) is 0 Å². The maximum atomic E-state index is 12.0. The number of carbonyl (C=O) groups is 2. The predicted octanol–water partition coefficient (Wildman–Crippen LogP) is 2.98. The highest BCUT2D eigenvalue weighted by Crippen LogP contribution is 2.25. The molecule has 1 rings (SSSR count). The van der Waals surface area contributed by atoms with Gasteiger partial charge in [0.25, 0.3) is 5.91 Å². The Balaban J connectivity index is 3.06. The molecule has 0 aliphatic carbocycles. The third-order valence-corrected chi connectivity index (χ3v) is 3.39. The summed E-state index contributed by atoms with van der Waals surface area (Å²) in [6, 6.07) is 4.65. The Morgan fingerprint density at radius 1 is 1.33 bits per heavy atom. The number of carboxylic acids is 1. The van der Waals surface area contributed by atoms with Gasteiger partial charge in [0.15, 0.2) is 0 Å². The zero-order valence-corrected chi connectivity index (χ0v) is 11.5. The van der Waals surface area contributed by atoms with Crippen LogP contribution in [0.15, 0.2) is 18.2 Å². The van der Waals surface area contributed by atoms with Crippen LogP contribution in [-0.2, 0) is 4.79 Å². The quantitative estimate of drug-likeness (QED) is 0.895. The zero-order chi connectivity index (χ0) is 13.9. The summed E-state index contributed by atoms with van der Waals surface area (Å²) in [5.74, 6) is -1.71. The minimum Gasteiger partial charge on any atom is -0.480 e. The fraction of sp³-hybridized carbons (Fsp3) is 0.333. The van der Waals surface area contributed by atoms with Gasteiger partial charge in [-0.2, -0.15) is 0 Å². The third kappa shape index (κ3) is 2.94. The molecule has 2 N–H and O–H groups in total. The van der Waals surface area contributed by atoms with Crippen LogP contribution >= 0.6 is 23.2 Å². The number of hydrogen-bond donors (Lipinski definition) is 2. The van der Waals surface area contributed by atoms with Gasteiger partial charge in [-0.1, -0.05) is 36.2 Å². The minimum absolute atomic E-state index is 0.0850. The number of aliphatic carboxylic acids is 1. The molecule has 4 nitrogen and oxygen atoms in total. The smallest absolute Gasteiger partial charge is 0.329 e. The molecule has 0 aliphatic rings. The second kappa shape index (κ2) is 5.59. The SMILES string of the molecule is CCC(C)(NC(=O)c1c(Cl)cccc1Cl)C(=O)O. The van der Waals surface area contributed by atoms with Crippen molar-refractivity contribution in [3.8, 4) is 0 Å². The number of halogens is 2. The molecule has 0 saturated carbocycles. The van der Waals surface area contributed by atoms with Gasteiger partial charge in [-0.25, -0.2) is 4.79 Å². The largest absolute Gasteiger partial charge is 0.480 e. The molecule has 1 aromatic carbocycles. The fourth-order valence-electron chi connectivity index (χ4n) is 1.32. The Morgan fingerprint density at radius 3 is 2.22 bits per heavy atom. The molecule has 0 aliphatic heterocycles. The molecular weight excluding hydrogens is 277 g/mol. The number of hydrogen-bond acceptors (Lipinski definition) is 2. The van der Waals surface area contributed by atoms with Gasteiger partial charge in [-0.3, -0.25) is 4.79 Å². The van der Waals surface area contributed by atoms with E-state index < -0.39 is 17.4 Å². The monoisotopic (exact) mass is 289 g/mol. The molecule has 0 aromatic heterocycles. The highest BCUT2D eigenvalue weighted by Gasteiger charge is 2.33. The van der Waals surface area contributed by atoms with E-state index in [1.807, 2.05) is 0 Å². The van der Waals surface area contributed by atoms with E-state index in [-0.39, 0.29) is 22.0 Å². The summed E-state index contributed by atoms with van der Waals surface area (Å²) < 4.78 is 0. The molecule has 1 unspecified atom stereocenters. The van der Waals surface area contributed by atoms with Crippen LogP contribution in [0.5, 0.6) is 0 Å². The average Bonchev–Trinajstić information content (AvgIpc) is 2.28. The number of rotatable bonds is 4. The van der Waals surface area contributed by atoms with Crippen LogP contribution in [0.4, 0.5) is 0 Å². The first kappa shape index (κ1) is 14.8. The highest BCUT2D eigenvalue weighted by molar-refractivity contribution is 6.39. The highest BCUT2D eigenvalue weighted by atomic mass is 35.5. The lowest BCUT2D eigenvalue weighted by molar-refractivity contribution is -0.143. The van der Waals surface area contributed by atoms with E-state index >= 15 is 0 Å². The Bertz CT molecular complexity index is 470. The van der Waals surface area contributed by atoms with Gasteiger partial charge >= 0.3 is 5.97 Å². The van der Waals surface area contributed by atoms with Crippen LogP contribution < -0.4 is 5.32 Å². The maximum Gasteiger partial charge on any atom is 0.329 e. The van der Waals surface area contributed by atoms with Gasteiger partial charge < -0.3 is 10.4 Å². The number of carbonyl (C=O) groups excluding carboxylic acids is 1. The van der Waals surface area contributed by atoms with Gasteiger partial charge in [0.05, 0.1) is 15.6 Å². The number of amides is 1. The normalized spacial score (nSPS) is 13.8. The lowest BCUT2D eigenvalue weighted by Gasteiger charge is -2.25. The fourth-order valence-corrected chi connectivity index (χ4v) is 1.89. The molecule has 0 spiro atoms. The molecule has 1 amide bonds. The summed E-state index contributed by atoms with van der Waals surface area (Å²) in [5, 5.41) is 11.9. The van der Waals surface area contributed by atoms with Crippen molar-refractivity contribution in [2.75, 3.05) is 0 Å². The molecule has 0 fully saturated rings. The van der Waals surface area contributed by atoms with Gasteiger partial charge in [0.2, 0.25) is 0 Å². The summed E-state index contributed by atoms with van der Waals surface area (Å²) in [6.07, 6.45) is 0.246. The number of nitrogens with one attached hydrogen (secondary N) is 1. The summed E-state index contributed by atoms with van der Waals surface area (Å²) in [5.41, 5.74) is -1.26. The molecule has 1 atom stereocenters. The minimum atomic E-state index is -1.35. The first-order chi connectivity index (χ1) is 8.31. The lowest BCUT2D eigenvalue weighted by Crippen LogP contribution is -2.51. The molecule has 0 bridgehead atoms. The van der Waals surface area contributed by atoms with Crippen LogP contribution in [0.25, 0.3) is 0 Å². The van der Waals surface area contributed by atoms with Crippen molar-refractivity contribution in [3.63, 3.8) is 0 Å². The first-order valence-electron chi connectivity index (χ1n) is 5.31. The topological polar surface area (TPSA) is 66.4 Å². The van der Waals surface area contributed by atoms with Crippen molar-refractivity contribution in [2.24, 2.45) is 0 Å².